The smallest absolute Gasteiger partial charge is 0.368 e. The van der Waals surface area contributed by atoms with E-state index >= 15 is 0 Å². The molecule has 1 aromatic rings. The van der Waals surface area contributed by atoms with Gasteiger partial charge in [-0.15, -0.1) is 5.06 Å². The van der Waals surface area contributed by atoms with Crippen LogP contribution < -0.4 is 0 Å². The lowest BCUT2D eigenvalue weighted by Gasteiger charge is -2.17. The van der Waals surface area contributed by atoms with Crippen molar-refractivity contribution in [3.05, 3.63) is 37.0 Å². The maximum absolute atomic E-state index is 12.5. The number of allylic oxidation sites excluding steroid dienone is 2. The van der Waals surface area contributed by atoms with E-state index in [0.29, 0.717) is 12.2 Å². The van der Waals surface area contributed by atoms with Crippen LogP contribution in [0.15, 0.2) is 24.3 Å². The molecule has 1 heterocycles. The normalized spacial score (nSPS) is 30.2. The molecule has 1 aliphatic heterocycles. The van der Waals surface area contributed by atoms with E-state index in [0.717, 1.165) is 6.42 Å². The second-order valence-corrected chi connectivity index (χ2v) is 8.43. The van der Waals surface area contributed by atoms with Gasteiger partial charge in [0.15, 0.2) is 0 Å². The maximum Gasteiger partial charge on any atom is 0.368 e. The quantitative estimate of drug-likeness (QED) is 0.347. The Bertz CT molecular complexity index is 791. The average Bonchev–Trinajstić information content (AvgIpc) is 3.21. The van der Waals surface area contributed by atoms with Crippen molar-refractivity contribution in [1.29, 1.82) is 0 Å². The minimum Gasteiger partial charge on any atom is -0.506 e. The second-order valence-electron chi connectivity index (χ2n) is 6.10. The fourth-order valence-electron chi connectivity index (χ4n) is 3.83. The van der Waals surface area contributed by atoms with Crippen LogP contribution in [-0.4, -0.2) is 28.0 Å². The first-order valence-corrected chi connectivity index (χ1v) is 9.51. The van der Waals surface area contributed by atoms with Crippen molar-refractivity contribution < 1.29 is 24.3 Å². The summed E-state index contributed by atoms with van der Waals surface area (Å²) in [4.78, 5) is 42.6. The van der Waals surface area contributed by atoms with E-state index in [1.165, 1.54) is 0 Å². The van der Waals surface area contributed by atoms with Crippen molar-refractivity contribution in [3.63, 3.8) is 0 Å². The number of hydroxylamine groups is 2. The van der Waals surface area contributed by atoms with Gasteiger partial charge in [-0.1, -0.05) is 12.2 Å². The zero-order valence-corrected chi connectivity index (χ0v) is 16.4. The van der Waals surface area contributed by atoms with Gasteiger partial charge in [-0.3, -0.25) is 9.59 Å². The molecule has 0 radical (unpaired) electrons. The molecule has 1 saturated carbocycles. The van der Waals surface area contributed by atoms with Gasteiger partial charge in [-0.2, -0.15) is 0 Å². The van der Waals surface area contributed by atoms with E-state index < -0.39 is 29.6 Å². The van der Waals surface area contributed by atoms with Crippen LogP contribution in [0.4, 0.5) is 0 Å². The van der Waals surface area contributed by atoms with Gasteiger partial charge in [0.1, 0.15) is 11.3 Å². The van der Waals surface area contributed by atoms with Gasteiger partial charge in [0.05, 0.1) is 15.4 Å². The number of phenolic OH excluding ortho intramolecular Hbond substituents is 1. The van der Waals surface area contributed by atoms with Gasteiger partial charge >= 0.3 is 5.97 Å². The summed E-state index contributed by atoms with van der Waals surface area (Å²) in [6.07, 6.45) is 4.75. The number of fused-ring (bicyclic) bond motifs is 5. The summed E-state index contributed by atoms with van der Waals surface area (Å²) in [6.45, 7) is 0. The Morgan fingerprint density at radius 1 is 1.08 bits per heavy atom. The summed E-state index contributed by atoms with van der Waals surface area (Å²) in [5, 5.41) is 10.7. The highest BCUT2D eigenvalue weighted by molar-refractivity contribution is 14.1. The largest absolute Gasteiger partial charge is 0.506 e. The molecule has 4 rings (SSSR count). The minimum atomic E-state index is -0.905. The van der Waals surface area contributed by atoms with Crippen molar-refractivity contribution in [2.75, 3.05) is 0 Å². The Hall–Kier alpha value is -1.17. The number of aromatic hydroxyl groups is 1. The summed E-state index contributed by atoms with van der Waals surface area (Å²) in [6, 6.07) is 3.32. The lowest BCUT2D eigenvalue weighted by molar-refractivity contribution is -0.175. The molecule has 0 aromatic heterocycles. The summed E-state index contributed by atoms with van der Waals surface area (Å²) in [5.74, 6) is -2.80. The number of hydrogen-bond donors (Lipinski definition) is 1. The number of rotatable bonds is 2. The number of halogens is 2. The third-order valence-corrected chi connectivity index (χ3v) is 6.66. The molecule has 4 unspecified atom stereocenters. The molecular weight excluding hydrogens is 540 g/mol. The SMILES string of the molecule is O=C(ON1C(=O)C2C3C=CC(C3)C2C1=O)c1c(I)ccc(I)c1O. The standard InChI is InChI=1S/C16H11I2NO5/c17-8-3-4-9(18)13(20)12(8)16(23)24-19-14(21)10-6-1-2-7(5-6)11(10)15(19)22/h1-4,6-7,10-11,20H,5H2. The van der Waals surface area contributed by atoms with Crippen LogP contribution >= 0.6 is 45.2 Å². The van der Waals surface area contributed by atoms with Crippen molar-refractivity contribution in [1.82, 2.24) is 5.06 Å². The summed E-state index contributed by atoms with van der Waals surface area (Å²) in [7, 11) is 0. The summed E-state index contributed by atoms with van der Waals surface area (Å²) in [5.41, 5.74) is -0.0405. The van der Waals surface area contributed by atoms with Crippen molar-refractivity contribution in [2.45, 2.75) is 6.42 Å². The highest BCUT2D eigenvalue weighted by Crippen LogP contribution is 2.52. The van der Waals surface area contributed by atoms with Gasteiger partial charge < -0.3 is 9.94 Å². The Labute approximate surface area is 164 Å². The van der Waals surface area contributed by atoms with Crippen molar-refractivity contribution in [3.8, 4) is 5.75 Å². The molecular formula is C16H11I2NO5. The molecule has 2 aliphatic carbocycles. The third-order valence-electron chi connectivity index (χ3n) is 4.89. The van der Waals surface area contributed by atoms with E-state index in [-0.39, 0.29) is 23.1 Å². The maximum atomic E-state index is 12.5. The zero-order chi connectivity index (χ0) is 17.2. The molecule has 0 spiro atoms. The van der Waals surface area contributed by atoms with Gasteiger partial charge in [-0.05, 0) is 75.6 Å². The van der Waals surface area contributed by atoms with Crippen LogP contribution in [0.25, 0.3) is 0 Å². The number of amides is 2. The number of carbonyl (C=O) groups excluding carboxylic acids is 3. The molecule has 124 valence electrons. The summed E-state index contributed by atoms with van der Waals surface area (Å²) >= 11 is 3.79. The molecule has 2 bridgehead atoms. The highest BCUT2D eigenvalue weighted by atomic mass is 127. The van der Waals surface area contributed by atoms with Crippen LogP contribution in [0.1, 0.15) is 16.8 Å². The number of imide groups is 1. The number of hydrogen-bond acceptors (Lipinski definition) is 5. The number of phenols is 1. The van der Waals surface area contributed by atoms with E-state index in [9.17, 15) is 19.5 Å². The lowest BCUT2D eigenvalue weighted by atomic mass is 9.85. The van der Waals surface area contributed by atoms with Crippen LogP contribution in [-0.2, 0) is 14.4 Å². The predicted octanol–water partition coefficient (Wildman–Crippen LogP) is 2.48. The molecule has 2 amide bonds. The Morgan fingerprint density at radius 3 is 2.21 bits per heavy atom. The van der Waals surface area contributed by atoms with Crippen LogP contribution in [0.2, 0.25) is 0 Å². The first-order chi connectivity index (χ1) is 11.4. The molecule has 3 aliphatic rings. The van der Waals surface area contributed by atoms with Gasteiger partial charge in [0.2, 0.25) is 0 Å². The molecule has 2 fully saturated rings. The highest BCUT2D eigenvalue weighted by Gasteiger charge is 2.61. The van der Waals surface area contributed by atoms with Gasteiger partial charge in [-0.25, -0.2) is 4.79 Å². The van der Waals surface area contributed by atoms with E-state index in [4.69, 9.17) is 4.84 Å². The number of carbonyl (C=O) groups is 3. The van der Waals surface area contributed by atoms with Crippen LogP contribution in [0, 0.1) is 30.8 Å². The molecule has 4 atom stereocenters. The van der Waals surface area contributed by atoms with E-state index in [1.54, 1.807) is 12.1 Å². The monoisotopic (exact) mass is 551 g/mol. The third kappa shape index (κ3) is 2.21. The van der Waals surface area contributed by atoms with E-state index in [1.807, 2.05) is 57.3 Å². The predicted molar refractivity (Wildman–Crippen MR) is 98.5 cm³/mol. The molecule has 1 aromatic carbocycles. The number of nitrogens with zero attached hydrogens (tertiary/aromatic N) is 1. The molecule has 6 nitrogen and oxygen atoms in total. The molecule has 24 heavy (non-hydrogen) atoms. The number of benzene rings is 1. The molecule has 1 saturated heterocycles. The Balaban J connectivity index is 1.61. The fourth-order valence-corrected chi connectivity index (χ4v) is 4.93. The first kappa shape index (κ1) is 16.3. The first-order valence-electron chi connectivity index (χ1n) is 7.35. The van der Waals surface area contributed by atoms with Crippen LogP contribution in [0.5, 0.6) is 5.75 Å². The topological polar surface area (TPSA) is 83.9 Å². The van der Waals surface area contributed by atoms with Gasteiger partial charge in [0.25, 0.3) is 11.8 Å². The Kier molecular flexibility index (Phi) is 3.86. The second kappa shape index (κ2) is 5.68. The fraction of sp³-hybridized carbons (Fsp3) is 0.312. The van der Waals surface area contributed by atoms with Crippen molar-refractivity contribution >= 4 is 63.0 Å². The minimum absolute atomic E-state index is 0.0405. The van der Waals surface area contributed by atoms with Gasteiger partial charge in [0, 0.05) is 3.57 Å². The average molecular weight is 551 g/mol. The molecule has 1 N–H and O–H groups in total. The summed E-state index contributed by atoms with van der Waals surface area (Å²) < 4.78 is 0.967. The van der Waals surface area contributed by atoms with Crippen molar-refractivity contribution in [2.24, 2.45) is 23.7 Å². The molecule has 8 heteroatoms. The Morgan fingerprint density at radius 2 is 1.62 bits per heavy atom. The zero-order valence-electron chi connectivity index (χ0n) is 12.1. The van der Waals surface area contributed by atoms with E-state index in [2.05, 4.69) is 0 Å². The van der Waals surface area contributed by atoms with Crippen LogP contribution in [0.3, 0.4) is 0 Å². The lowest BCUT2D eigenvalue weighted by Crippen LogP contribution is -2.35.